The monoisotopic (exact) mass is 182 g/mol. The van der Waals surface area contributed by atoms with Gasteiger partial charge in [0.05, 0.1) is 12.4 Å². The van der Waals surface area contributed by atoms with Crippen molar-refractivity contribution in [1.82, 2.24) is 9.55 Å². The second-order valence-electron chi connectivity index (χ2n) is 3.10. The molecule has 0 radical (unpaired) electrons. The van der Waals surface area contributed by atoms with E-state index in [1.165, 1.54) is 18.6 Å². The van der Waals surface area contributed by atoms with Crippen molar-refractivity contribution < 1.29 is 5.11 Å². The van der Waals surface area contributed by atoms with Crippen molar-refractivity contribution >= 4 is 0 Å². The molecule has 13 heavy (non-hydrogen) atoms. The topological polar surface area (TPSA) is 55.1 Å². The zero-order valence-corrected chi connectivity index (χ0v) is 7.68. The van der Waals surface area contributed by atoms with Crippen LogP contribution in [0.4, 0.5) is 0 Å². The van der Waals surface area contributed by atoms with Crippen LogP contribution in [-0.2, 0) is 6.54 Å². The highest BCUT2D eigenvalue weighted by molar-refractivity contribution is 4.81. The molecule has 1 N–H and O–H groups in total. The summed E-state index contributed by atoms with van der Waals surface area (Å²) >= 11 is 0. The first-order chi connectivity index (χ1) is 6.20. The van der Waals surface area contributed by atoms with Gasteiger partial charge in [-0.05, 0) is 19.8 Å². The van der Waals surface area contributed by atoms with E-state index in [1.807, 2.05) is 0 Å². The number of nitrogens with zero attached hydrogens (tertiary/aromatic N) is 2. The molecule has 0 aliphatic rings. The summed E-state index contributed by atoms with van der Waals surface area (Å²) in [7, 11) is 0. The summed E-state index contributed by atoms with van der Waals surface area (Å²) < 4.78 is 1.54. The predicted molar refractivity (Wildman–Crippen MR) is 49.4 cm³/mol. The van der Waals surface area contributed by atoms with Gasteiger partial charge in [0.25, 0.3) is 5.56 Å². The Morgan fingerprint density at radius 2 is 2.46 bits per heavy atom. The first-order valence-electron chi connectivity index (χ1n) is 4.38. The zero-order valence-electron chi connectivity index (χ0n) is 7.68. The Bertz CT molecular complexity index is 306. The molecule has 1 heterocycles. The first-order valence-corrected chi connectivity index (χ1v) is 4.38. The Hall–Kier alpha value is -1.16. The predicted octanol–water partition coefficient (Wildman–Crippen LogP) is 0.404. The Kier molecular flexibility index (Phi) is 3.64. The van der Waals surface area contributed by atoms with Crippen molar-refractivity contribution in [2.75, 3.05) is 0 Å². The minimum Gasteiger partial charge on any atom is -0.393 e. The number of hydrogen-bond donors (Lipinski definition) is 1. The van der Waals surface area contributed by atoms with Gasteiger partial charge in [-0.15, -0.1) is 0 Å². The van der Waals surface area contributed by atoms with Crippen LogP contribution in [0.25, 0.3) is 0 Å². The minimum atomic E-state index is -0.299. The van der Waals surface area contributed by atoms with Crippen molar-refractivity contribution in [3.63, 3.8) is 0 Å². The van der Waals surface area contributed by atoms with Crippen molar-refractivity contribution in [3.05, 3.63) is 28.9 Å². The standard InChI is InChI=1S/C9H14N2O2/c1-8(12)3-2-6-11-7-10-5-4-9(11)13/h4-5,7-8,12H,2-3,6H2,1H3. The Labute approximate surface area is 76.9 Å². The van der Waals surface area contributed by atoms with Crippen molar-refractivity contribution in [2.45, 2.75) is 32.4 Å². The molecule has 0 saturated heterocycles. The first kappa shape index (κ1) is 9.92. The minimum absolute atomic E-state index is 0.0411. The fourth-order valence-electron chi connectivity index (χ4n) is 1.10. The molecular weight excluding hydrogens is 168 g/mol. The lowest BCUT2D eigenvalue weighted by atomic mass is 10.2. The van der Waals surface area contributed by atoms with Crippen LogP contribution in [0.5, 0.6) is 0 Å². The Morgan fingerprint density at radius 3 is 3.08 bits per heavy atom. The normalized spacial score (nSPS) is 12.8. The van der Waals surface area contributed by atoms with Crippen LogP contribution in [0.15, 0.2) is 23.4 Å². The van der Waals surface area contributed by atoms with Crippen LogP contribution >= 0.6 is 0 Å². The number of aryl methyl sites for hydroxylation is 1. The smallest absolute Gasteiger partial charge is 0.253 e. The molecule has 0 aliphatic heterocycles. The highest BCUT2D eigenvalue weighted by Crippen LogP contribution is 1.96. The number of aliphatic hydroxyl groups excluding tert-OH is 1. The van der Waals surface area contributed by atoms with Crippen molar-refractivity contribution in [3.8, 4) is 0 Å². The van der Waals surface area contributed by atoms with E-state index >= 15 is 0 Å². The number of aromatic nitrogens is 2. The lowest BCUT2D eigenvalue weighted by molar-refractivity contribution is 0.179. The summed E-state index contributed by atoms with van der Waals surface area (Å²) in [5.41, 5.74) is -0.0411. The molecule has 4 heteroatoms. The van der Waals surface area contributed by atoms with E-state index in [0.29, 0.717) is 13.0 Å². The summed E-state index contributed by atoms with van der Waals surface area (Å²) in [6.45, 7) is 2.36. The van der Waals surface area contributed by atoms with Gasteiger partial charge in [0.15, 0.2) is 0 Å². The molecule has 4 nitrogen and oxygen atoms in total. The molecule has 0 saturated carbocycles. The van der Waals surface area contributed by atoms with E-state index in [0.717, 1.165) is 6.42 Å². The van der Waals surface area contributed by atoms with Gasteiger partial charge in [-0.2, -0.15) is 0 Å². The van der Waals surface area contributed by atoms with Gasteiger partial charge in [0, 0.05) is 18.8 Å². The van der Waals surface area contributed by atoms with E-state index in [2.05, 4.69) is 4.98 Å². The molecule has 1 unspecified atom stereocenters. The van der Waals surface area contributed by atoms with Gasteiger partial charge in [0.2, 0.25) is 0 Å². The molecule has 0 aliphatic carbocycles. The SMILES string of the molecule is CC(O)CCCn1cnccc1=O. The Morgan fingerprint density at radius 1 is 1.69 bits per heavy atom. The molecule has 1 atom stereocenters. The second kappa shape index (κ2) is 4.77. The summed E-state index contributed by atoms with van der Waals surface area (Å²) in [5.74, 6) is 0. The van der Waals surface area contributed by atoms with Crippen molar-refractivity contribution in [1.29, 1.82) is 0 Å². The summed E-state index contributed by atoms with van der Waals surface area (Å²) in [6, 6.07) is 1.43. The van der Waals surface area contributed by atoms with Gasteiger partial charge in [0.1, 0.15) is 0 Å². The van der Waals surface area contributed by atoms with Crippen LogP contribution in [0, 0.1) is 0 Å². The highest BCUT2D eigenvalue weighted by atomic mass is 16.3. The molecule has 0 bridgehead atoms. The third kappa shape index (κ3) is 3.38. The van der Waals surface area contributed by atoms with Crippen LogP contribution in [0.3, 0.4) is 0 Å². The maximum Gasteiger partial charge on any atom is 0.253 e. The molecule has 0 amide bonds. The van der Waals surface area contributed by atoms with E-state index < -0.39 is 0 Å². The zero-order chi connectivity index (χ0) is 9.68. The summed E-state index contributed by atoms with van der Waals surface area (Å²) in [6.07, 6.45) is 4.20. The number of rotatable bonds is 4. The van der Waals surface area contributed by atoms with Crippen LogP contribution in [0.2, 0.25) is 0 Å². The average Bonchev–Trinajstić information content (AvgIpc) is 2.08. The fraction of sp³-hybridized carbons (Fsp3) is 0.556. The maximum atomic E-state index is 11.2. The van der Waals surface area contributed by atoms with Gasteiger partial charge in [-0.25, -0.2) is 4.98 Å². The molecule has 1 rings (SSSR count). The molecule has 0 fully saturated rings. The van der Waals surface area contributed by atoms with Crippen molar-refractivity contribution in [2.24, 2.45) is 0 Å². The van der Waals surface area contributed by atoms with E-state index in [9.17, 15) is 4.79 Å². The largest absolute Gasteiger partial charge is 0.393 e. The van der Waals surface area contributed by atoms with Gasteiger partial charge < -0.3 is 5.11 Å². The molecule has 1 aromatic heterocycles. The second-order valence-corrected chi connectivity index (χ2v) is 3.10. The summed E-state index contributed by atoms with van der Waals surface area (Å²) in [5, 5.41) is 9.00. The van der Waals surface area contributed by atoms with E-state index in [-0.39, 0.29) is 11.7 Å². The third-order valence-electron chi connectivity index (χ3n) is 1.81. The van der Waals surface area contributed by atoms with Gasteiger partial charge in [-0.3, -0.25) is 9.36 Å². The number of aliphatic hydroxyl groups is 1. The maximum absolute atomic E-state index is 11.2. The van der Waals surface area contributed by atoms with Crippen LogP contribution in [0.1, 0.15) is 19.8 Å². The molecule has 0 aromatic carbocycles. The van der Waals surface area contributed by atoms with Crippen LogP contribution in [-0.4, -0.2) is 20.8 Å². The molecule has 1 aromatic rings. The van der Waals surface area contributed by atoms with E-state index in [1.54, 1.807) is 11.5 Å². The number of hydrogen-bond acceptors (Lipinski definition) is 3. The molecule has 0 spiro atoms. The van der Waals surface area contributed by atoms with E-state index in [4.69, 9.17) is 5.11 Å². The lowest BCUT2D eigenvalue weighted by Crippen LogP contribution is -2.19. The average molecular weight is 182 g/mol. The molecular formula is C9H14N2O2. The fourth-order valence-corrected chi connectivity index (χ4v) is 1.10. The Balaban J connectivity index is 2.46. The van der Waals surface area contributed by atoms with Gasteiger partial charge in [-0.1, -0.05) is 0 Å². The molecule has 72 valence electrons. The quantitative estimate of drug-likeness (QED) is 0.733. The van der Waals surface area contributed by atoms with Gasteiger partial charge >= 0.3 is 0 Å². The lowest BCUT2D eigenvalue weighted by Gasteiger charge is -2.05. The highest BCUT2D eigenvalue weighted by Gasteiger charge is 1.97. The summed E-state index contributed by atoms with van der Waals surface area (Å²) in [4.78, 5) is 15.0. The van der Waals surface area contributed by atoms with Crippen LogP contribution < -0.4 is 5.56 Å². The third-order valence-corrected chi connectivity index (χ3v) is 1.81.